The van der Waals surface area contributed by atoms with Crippen LogP contribution in [0.25, 0.3) is 0 Å². The Hall–Kier alpha value is -0.300. The summed E-state index contributed by atoms with van der Waals surface area (Å²) in [6, 6.07) is 1.55. The summed E-state index contributed by atoms with van der Waals surface area (Å²) in [5.41, 5.74) is 0. The van der Waals surface area contributed by atoms with Gasteiger partial charge < -0.3 is 0 Å². The molecule has 62 valence electrons. The Balaban J connectivity index is 2.17. The van der Waals surface area contributed by atoms with Gasteiger partial charge >= 0.3 is 0 Å². The van der Waals surface area contributed by atoms with Crippen LogP contribution in [0.2, 0.25) is 0 Å². The maximum absolute atomic E-state index is 2.64. The highest BCUT2D eigenvalue weighted by Crippen LogP contribution is 2.28. The van der Waals surface area contributed by atoms with Crippen molar-refractivity contribution in [3.8, 4) is 0 Å². The molecule has 2 aliphatic heterocycles. The van der Waals surface area contributed by atoms with Gasteiger partial charge in [0.05, 0.1) is 0 Å². The lowest BCUT2D eigenvalue weighted by atomic mass is 9.95. The lowest BCUT2D eigenvalue weighted by Crippen LogP contribution is -2.42. The molecule has 2 heterocycles. The summed E-state index contributed by atoms with van der Waals surface area (Å²) in [5.74, 6) is 0.754. The second kappa shape index (κ2) is 2.63. The first-order valence-corrected chi connectivity index (χ1v) is 4.73. The molecular formula is C10H17N. The molecule has 11 heavy (non-hydrogen) atoms. The molecule has 0 saturated carbocycles. The van der Waals surface area contributed by atoms with Gasteiger partial charge in [0.25, 0.3) is 0 Å². The van der Waals surface area contributed by atoms with Gasteiger partial charge in [-0.1, -0.05) is 19.1 Å². The molecule has 0 aromatic rings. The monoisotopic (exact) mass is 151 g/mol. The molecule has 0 amide bonds. The Bertz CT molecular complexity index is 174. The molecule has 0 bridgehead atoms. The topological polar surface area (TPSA) is 3.24 Å². The molecule has 0 unspecified atom stereocenters. The molecule has 0 aromatic heterocycles. The molecule has 0 aromatic carbocycles. The maximum atomic E-state index is 2.64. The molecule has 3 atom stereocenters. The fraction of sp³-hybridized carbons (Fsp3) is 0.800. The zero-order valence-corrected chi connectivity index (χ0v) is 7.46. The normalized spacial score (nSPS) is 44.4. The third-order valence-electron chi connectivity index (χ3n) is 3.26. The number of hydrogen-bond donors (Lipinski definition) is 0. The Kier molecular flexibility index (Phi) is 1.76. The molecule has 0 N–H and O–H groups in total. The fourth-order valence-electron chi connectivity index (χ4n) is 2.29. The van der Waals surface area contributed by atoms with Crippen molar-refractivity contribution >= 4 is 0 Å². The molecular weight excluding hydrogens is 134 g/mol. The summed E-state index contributed by atoms with van der Waals surface area (Å²) >= 11 is 0. The number of fused-ring (bicyclic) bond motifs is 1. The zero-order valence-electron chi connectivity index (χ0n) is 7.46. The van der Waals surface area contributed by atoms with Gasteiger partial charge in [-0.25, -0.2) is 0 Å². The van der Waals surface area contributed by atoms with Crippen LogP contribution in [0.5, 0.6) is 0 Å². The van der Waals surface area contributed by atoms with E-state index >= 15 is 0 Å². The molecule has 0 spiro atoms. The molecule has 1 heteroatoms. The summed E-state index contributed by atoms with van der Waals surface area (Å²) in [7, 11) is 0. The first-order valence-electron chi connectivity index (χ1n) is 4.73. The van der Waals surface area contributed by atoms with E-state index in [1.165, 1.54) is 19.4 Å². The maximum Gasteiger partial charge on any atom is 0.0281 e. The van der Waals surface area contributed by atoms with E-state index in [1.807, 2.05) is 0 Å². The van der Waals surface area contributed by atoms with Crippen molar-refractivity contribution in [2.24, 2.45) is 5.92 Å². The molecule has 2 aliphatic rings. The molecule has 1 saturated heterocycles. The first-order chi connectivity index (χ1) is 5.29. The SMILES string of the molecule is C[C@@H]1C=C[C@@H]2CCCN2[C@@H]1C. The van der Waals surface area contributed by atoms with Gasteiger partial charge in [-0.15, -0.1) is 0 Å². The van der Waals surface area contributed by atoms with E-state index < -0.39 is 0 Å². The average Bonchev–Trinajstić information content (AvgIpc) is 2.45. The first kappa shape index (κ1) is 7.35. The minimum Gasteiger partial charge on any atom is -0.294 e. The highest BCUT2D eigenvalue weighted by molar-refractivity contribution is 5.07. The third-order valence-corrected chi connectivity index (χ3v) is 3.26. The molecule has 0 radical (unpaired) electrons. The van der Waals surface area contributed by atoms with Crippen molar-refractivity contribution in [2.45, 2.75) is 38.8 Å². The van der Waals surface area contributed by atoms with E-state index in [0.29, 0.717) is 0 Å². The molecule has 2 rings (SSSR count). The Morgan fingerprint density at radius 2 is 2.09 bits per heavy atom. The largest absolute Gasteiger partial charge is 0.294 e. The van der Waals surface area contributed by atoms with Gasteiger partial charge in [0, 0.05) is 12.1 Å². The van der Waals surface area contributed by atoms with Gasteiger partial charge in [-0.2, -0.15) is 0 Å². The Morgan fingerprint density at radius 1 is 1.27 bits per heavy atom. The minimum absolute atomic E-state index is 0.754. The molecule has 1 nitrogen and oxygen atoms in total. The lowest BCUT2D eigenvalue weighted by molar-refractivity contribution is 0.173. The van der Waals surface area contributed by atoms with E-state index in [2.05, 4.69) is 30.9 Å². The van der Waals surface area contributed by atoms with Crippen molar-refractivity contribution in [1.29, 1.82) is 0 Å². The van der Waals surface area contributed by atoms with Gasteiger partial charge in [0.2, 0.25) is 0 Å². The third kappa shape index (κ3) is 1.12. The van der Waals surface area contributed by atoms with Crippen molar-refractivity contribution in [2.75, 3.05) is 6.54 Å². The standard InChI is InChI=1S/C10H17N/c1-8-5-6-10-4-3-7-11(10)9(8)2/h5-6,8-10H,3-4,7H2,1-2H3/t8-,9-,10+/m1/s1. The van der Waals surface area contributed by atoms with E-state index in [1.54, 1.807) is 0 Å². The second-order valence-corrected chi connectivity index (χ2v) is 3.93. The summed E-state index contributed by atoms with van der Waals surface area (Å²) in [4.78, 5) is 2.64. The predicted molar refractivity (Wildman–Crippen MR) is 47.5 cm³/mol. The summed E-state index contributed by atoms with van der Waals surface area (Å²) in [6.07, 6.45) is 7.56. The van der Waals surface area contributed by atoms with Crippen LogP contribution in [0.15, 0.2) is 12.2 Å². The molecule has 0 aliphatic carbocycles. The number of hydrogen-bond acceptors (Lipinski definition) is 1. The van der Waals surface area contributed by atoms with Gasteiger partial charge in [0.15, 0.2) is 0 Å². The van der Waals surface area contributed by atoms with Crippen molar-refractivity contribution < 1.29 is 0 Å². The second-order valence-electron chi connectivity index (χ2n) is 3.93. The van der Waals surface area contributed by atoms with Crippen LogP contribution < -0.4 is 0 Å². The number of rotatable bonds is 0. The van der Waals surface area contributed by atoms with Crippen LogP contribution in [0.1, 0.15) is 26.7 Å². The van der Waals surface area contributed by atoms with E-state index in [9.17, 15) is 0 Å². The zero-order chi connectivity index (χ0) is 7.84. The Morgan fingerprint density at radius 3 is 2.91 bits per heavy atom. The summed E-state index contributed by atoms with van der Waals surface area (Å²) in [6.45, 7) is 5.99. The summed E-state index contributed by atoms with van der Waals surface area (Å²) < 4.78 is 0. The van der Waals surface area contributed by atoms with Crippen LogP contribution in [0.3, 0.4) is 0 Å². The fourth-order valence-corrected chi connectivity index (χ4v) is 2.29. The van der Waals surface area contributed by atoms with Gasteiger partial charge in [0.1, 0.15) is 0 Å². The van der Waals surface area contributed by atoms with Gasteiger partial charge in [-0.05, 0) is 32.2 Å². The molecule has 1 fully saturated rings. The van der Waals surface area contributed by atoms with Crippen molar-refractivity contribution in [3.05, 3.63) is 12.2 Å². The lowest BCUT2D eigenvalue weighted by Gasteiger charge is -2.35. The average molecular weight is 151 g/mol. The van der Waals surface area contributed by atoms with E-state index in [-0.39, 0.29) is 0 Å². The van der Waals surface area contributed by atoms with Gasteiger partial charge in [-0.3, -0.25) is 4.90 Å². The van der Waals surface area contributed by atoms with Crippen LogP contribution in [-0.4, -0.2) is 23.5 Å². The smallest absolute Gasteiger partial charge is 0.0281 e. The number of nitrogens with zero attached hydrogens (tertiary/aromatic N) is 1. The highest BCUT2D eigenvalue weighted by Gasteiger charge is 2.31. The van der Waals surface area contributed by atoms with Crippen molar-refractivity contribution in [1.82, 2.24) is 4.90 Å². The van der Waals surface area contributed by atoms with E-state index in [0.717, 1.165) is 18.0 Å². The van der Waals surface area contributed by atoms with Crippen LogP contribution in [0, 0.1) is 5.92 Å². The van der Waals surface area contributed by atoms with Crippen LogP contribution in [-0.2, 0) is 0 Å². The Labute approximate surface area is 69.1 Å². The van der Waals surface area contributed by atoms with E-state index in [4.69, 9.17) is 0 Å². The summed E-state index contributed by atoms with van der Waals surface area (Å²) in [5, 5.41) is 0. The van der Waals surface area contributed by atoms with Crippen LogP contribution in [0.4, 0.5) is 0 Å². The highest BCUT2D eigenvalue weighted by atomic mass is 15.2. The van der Waals surface area contributed by atoms with Crippen molar-refractivity contribution in [3.63, 3.8) is 0 Å². The quantitative estimate of drug-likeness (QED) is 0.479. The predicted octanol–water partition coefficient (Wildman–Crippen LogP) is 2.05. The minimum atomic E-state index is 0.754. The van der Waals surface area contributed by atoms with Crippen LogP contribution >= 0.6 is 0 Å².